The fraction of sp³-hybridized carbons (Fsp3) is 0.500. The van der Waals surface area contributed by atoms with Gasteiger partial charge in [0, 0.05) is 37.5 Å². The number of pyridine rings is 1. The van der Waals surface area contributed by atoms with E-state index in [-0.39, 0.29) is 0 Å². The molecule has 2 heterocycles. The van der Waals surface area contributed by atoms with Gasteiger partial charge in [0.1, 0.15) is 5.65 Å². The second kappa shape index (κ2) is 6.52. The third kappa shape index (κ3) is 2.89. The molecule has 0 spiro atoms. The minimum absolute atomic E-state index is 0.297. The molecule has 0 unspecified atom stereocenters. The average Bonchev–Trinajstić information content (AvgIpc) is 2.77. The molecule has 0 fully saturated rings. The van der Waals surface area contributed by atoms with Gasteiger partial charge in [0.2, 0.25) is 0 Å². The highest BCUT2D eigenvalue weighted by atomic mass is 16.2. The van der Waals surface area contributed by atoms with Crippen molar-refractivity contribution in [1.29, 1.82) is 0 Å². The summed E-state index contributed by atoms with van der Waals surface area (Å²) in [5.41, 5.74) is 7.94. The summed E-state index contributed by atoms with van der Waals surface area (Å²) in [6, 6.07) is 4.03. The van der Waals surface area contributed by atoms with Crippen molar-refractivity contribution in [3.8, 4) is 0 Å². The number of aryl methyl sites for hydroxylation is 1. The summed E-state index contributed by atoms with van der Waals surface area (Å²) in [6.07, 6.45) is 8.19. The first kappa shape index (κ1) is 13.1. The monoisotopic (exact) mass is 247 g/mol. The van der Waals surface area contributed by atoms with E-state index in [2.05, 4.69) is 21.8 Å². The standard InChI is InChI=1S/C14H21N3O/c15-10-12-11-17(8-3-1-2-4-9-18)14-13(12)6-5-7-16-14/h5-7,11,18H,1-4,8-10,15H2. The van der Waals surface area contributed by atoms with Gasteiger partial charge in [0.05, 0.1) is 0 Å². The van der Waals surface area contributed by atoms with Gasteiger partial charge in [-0.15, -0.1) is 0 Å². The van der Waals surface area contributed by atoms with Crippen LogP contribution in [0.5, 0.6) is 0 Å². The van der Waals surface area contributed by atoms with Crippen molar-refractivity contribution < 1.29 is 5.11 Å². The summed E-state index contributed by atoms with van der Waals surface area (Å²) in [7, 11) is 0. The number of hydrogen-bond acceptors (Lipinski definition) is 3. The molecular weight excluding hydrogens is 226 g/mol. The van der Waals surface area contributed by atoms with Crippen LogP contribution in [-0.2, 0) is 13.1 Å². The number of aliphatic hydroxyl groups excluding tert-OH is 1. The van der Waals surface area contributed by atoms with Crippen LogP contribution >= 0.6 is 0 Å². The summed E-state index contributed by atoms with van der Waals surface area (Å²) in [5, 5.41) is 9.89. The third-order valence-corrected chi connectivity index (χ3v) is 3.24. The number of aliphatic hydroxyl groups is 1. The second-order valence-electron chi connectivity index (χ2n) is 4.56. The number of fused-ring (bicyclic) bond motifs is 1. The van der Waals surface area contributed by atoms with E-state index in [4.69, 9.17) is 10.8 Å². The van der Waals surface area contributed by atoms with Crippen LogP contribution in [0, 0.1) is 0 Å². The van der Waals surface area contributed by atoms with Crippen LogP contribution in [0.15, 0.2) is 24.5 Å². The lowest BCUT2D eigenvalue weighted by Gasteiger charge is -2.04. The van der Waals surface area contributed by atoms with Gasteiger partial charge >= 0.3 is 0 Å². The highest BCUT2D eigenvalue weighted by molar-refractivity contribution is 5.80. The number of hydrogen-bond donors (Lipinski definition) is 2. The first-order valence-corrected chi connectivity index (χ1v) is 6.60. The number of rotatable bonds is 7. The van der Waals surface area contributed by atoms with Crippen LogP contribution in [0.25, 0.3) is 11.0 Å². The predicted octanol–water partition coefficient (Wildman–Crippen LogP) is 2.05. The van der Waals surface area contributed by atoms with Gasteiger partial charge in [-0.25, -0.2) is 4.98 Å². The van der Waals surface area contributed by atoms with Crippen molar-refractivity contribution in [3.63, 3.8) is 0 Å². The smallest absolute Gasteiger partial charge is 0.140 e. The topological polar surface area (TPSA) is 64.1 Å². The van der Waals surface area contributed by atoms with Crippen LogP contribution in [0.4, 0.5) is 0 Å². The zero-order valence-corrected chi connectivity index (χ0v) is 10.7. The fourth-order valence-corrected chi connectivity index (χ4v) is 2.28. The lowest BCUT2D eigenvalue weighted by molar-refractivity contribution is 0.282. The van der Waals surface area contributed by atoms with Crippen LogP contribution in [0.3, 0.4) is 0 Å². The van der Waals surface area contributed by atoms with E-state index in [0.29, 0.717) is 13.2 Å². The Bertz CT molecular complexity index is 493. The van der Waals surface area contributed by atoms with Crippen LogP contribution in [0.2, 0.25) is 0 Å². The molecule has 0 aliphatic carbocycles. The Kier molecular flexibility index (Phi) is 4.73. The van der Waals surface area contributed by atoms with E-state index in [0.717, 1.165) is 48.8 Å². The molecular formula is C14H21N3O. The molecule has 18 heavy (non-hydrogen) atoms. The molecule has 2 rings (SSSR count). The Labute approximate surface area is 107 Å². The van der Waals surface area contributed by atoms with Gasteiger partial charge in [-0.1, -0.05) is 12.8 Å². The van der Waals surface area contributed by atoms with Crippen LogP contribution in [0.1, 0.15) is 31.2 Å². The summed E-state index contributed by atoms with van der Waals surface area (Å²) in [5.74, 6) is 0. The minimum Gasteiger partial charge on any atom is -0.396 e. The van der Waals surface area contributed by atoms with Crippen LogP contribution < -0.4 is 5.73 Å². The Balaban J connectivity index is 2.04. The van der Waals surface area contributed by atoms with Crippen molar-refractivity contribution in [2.75, 3.05) is 6.61 Å². The predicted molar refractivity (Wildman–Crippen MR) is 73.2 cm³/mol. The molecule has 4 heteroatoms. The molecule has 3 N–H and O–H groups in total. The van der Waals surface area contributed by atoms with Gasteiger partial charge in [-0.2, -0.15) is 0 Å². The van der Waals surface area contributed by atoms with Gasteiger partial charge in [0.15, 0.2) is 0 Å². The summed E-state index contributed by atoms with van der Waals surface area (Å²) in [4.78, 5) is 4.43. The molecule has 0 atom stereocenters. The highest BCUT2D eigenvalue weighted by Crippen LogP contribution is 2.19. The Morgan fingerprint density at radius 2 is 2.06 bits per heavy atom. The maximum absolute atomic E-state index is 8.73. The molecule has 2 aromatic rings. The Hall–Kier alpha value is -1.39. The maximum atomic E-state index is 8.73. The largest absolute Gasteiger partial charge is 0.396 e. The van der Waals surface area contributed by atoms with E-state index in [9.17, 15) is 0 Å². The van der Waals surface area contributed by atoms with Gasteiger partial charge in [0.25, 0.3) is 0 Å². The van der Waals surface area contributed by atoms with E-state index >= 15 is 0 Å². The first-order valence-electron chi connectivity index (χ1n) is 6.60. The zero-order chi connectivity index (χ0) is 12.8. The molecule has 98 valence electrons. The molecule has 4 nitrogen and oxygen atoms in total. The summed E-state index contributed by atoms with van der Waals surface area (Å²) >= 11 is 0. The minimum atomic E-state index is 0.297. The molecule has 0 aliphatic rings. The van der Waals surface area contributed by atoms with Gasteiger partial charge < -0.3 is 15.4 Å². The van der Waals surface area contributed by atoms with E-state index in [1.54, 1.807) is 0 Å². The fourth-order valence-electron chi connectivity index (χ4n) is 2.28. The molecule has 2 aromatic heterocycles. The molecule has 0 saturated heterocycles. The average molecular weight is 247 g/mol. The summed E-state index contributed by atoms with van der Waals surface area (Å²) < 4.78 is 2.19. The van der Waals surface area contributed by atoms with E-state index in [1.165, 1.54) is 0 Å². The lowest BCUT2D eigenvalue weighted by Crippen LogP contribution is -1.98. The van der Waals surface area contributed by atoms with Gasteiger partial charge in [-0.05, 0) is 30.5 Å². The number of aromatic nitrogens is 2. The number of nitrogens with two attached hydrogens (primary N) is 1. The first-order chi connectivity index (χ1) is 8.86. The normalized spacial score (nSPS) is 11.2. The Morgan fingerprint density at radius 1 is 1.22 bits per heavy atom. The molecule has 0 aromatic carbocycles. The second-order valence-corrected chi connectivity index (χ2v) is 4.56. The van der Waals surface area contributed by atoms with Crippen molar-refractivity contribution in [1.82, 2.24) is 9.55 Å². The van der Waals surface area contributed by atoms with Crippen molar-refractivity contribution in [2.45, 2.75) is 38.8 Å². The third-order valence-electron chi connectivity index (χ3n) is 3.24. The highest BCUT2D eigenvalue weighted by Gasteiger charge is 2.07. The SMILES string of the molecule is NCc1cn(CCCCCCO)c2ncccc12. The molecule has 0 amide bonds. The van der Waals surface area contributed by atoms with E-state index < -0.39 is 0 Å². The van der Waals surface area contributed by atoms with E-state index in [1.807, 2.05) is 12.3 Å². The molecule has 0 aliphatic heterocycles. The quantitative estimate of drug-likeness (QED) is 0.736. The van der Waals surface area contributed by atoms with Crippen molar-refractivity contribution in [3.05, 3.63) is 30.1 Å². The lowest BCUT2D eigenvalue weighted by atomic mass is 10.2. The Morgan fingerprint density at radius 3 is 2.83 bits per heavy atom. The maximum Gasteiger partial charge on any atom is 0.140 e. The van der Waals surface area contributed by atoms with Crippen molar-refractivity contribution >= 4 is 11.0 Å². The van der Waals surface area contributed by atoms with Crippen molar-refractivity contribution in [2.24, 2.45) is 5.73 Å². The van der Waals surface area contributed by atoms with Crippen LogP contribution in [-0.4, -0.2) is 21.3 Å². The van der Waals surface area contributed by atoms with Gasteiger partial charge in [-0.3, -0.25) is 0 Å². The zero-order valence-electron chi connectivity index (χ0n) is 10.7. The molecule has 0 bridgehead atoms. The number of unbranched alkanes of at least 4 members (excludes halogenated alkanes) is 3. The summed E-state index contributed by atoms with van der Waals surface area (Å²) in [6.45, 7) is 1.82. The molecule has 0 radical (unpaired) electrons. The number of nitrogens with zero attached hydrogens (tertiary/aromatic N) is 2. The molecule has 0 saturated carbocycles.